The quantitative estimate of drug-likeness (QED) is 0.595. The molecule has 0 bridgehead atoms. The zero-order chi connectivity index (χ0) is 23.5. The molecule has 1 aromatic carbocycles. The molecule has 9 heteroatoms. The highest BCUT2D eigenvalue weighted by Crippen LogP contribution is 2.34. The van der Waals surface area contributed by atoms with Gasteiger partial charge in [0.15, 0.2) is 0 Å². The Balaban J connectivity index is 1.33. The van der Waals surface area contributed by atoms with Gasteiger partial charge in [-0.3, -0.25) is 14.5 Å². The number of hydrogen-bond acceptors (Lipinski definition) is 6. The van der Waals surface area contributed by atoms with Crippen LogP contribution in [-0.4, -0.2) is 78.3 Å². The molecule has 0 radical (unpaired) electrons. The van der Waals surface area contributed by atoms with Crippen LogP contribution in [-0.2, 0) is 14.3 Å². The van der Waals surface area contributed by atoms with E-state index < -0.39 is 6.04 Å². The van der Waals surface area contributed by atoms with Gasteiger partial charge >= 0.3 is 0 Å². The van der Waals surface area contributed by atoms with Gasteiger partial charge in [-0.05, 0) is 42.7 Å². The first-order valence-corrected chi connectivity index (χ1v) is 11.9. The van der Waals surface area contributed by atoms with Crippen LogP contribution in [0, 0.1) is 11.7 Å². The summed E-state index contributed by atoms with van der Waals surface area (Å²) in [5.41, 5.74) is 1.44. The highest BCUT2D eigenvalue weighted by atomic mass is 19.1. The smallest absolute Gasteiger partial charge is 0.262 e. The molecule has 2 aromatic rings. The van der Waals surface area contributed by atoms with Crippen LogP contribution >= 0.6 is 0 Å². The molecular weight excluding hydrogens is 439 g/mol. The van der Waals surface area contributed by atoms with E-state index in [1.54, 1.807) is 29.4 Å². The van der Waals surface area contributed by atoms with Crippen LogP contribution in [0.15, 0.2) is 52.2 Å². The molecule has 0 N–H and O–H groups in total. The molecule has 2 amide bonds. The summed E-state index contributed by atoms with van der Waals surface area (Å²) in [5.74, 6) is 0.109. The first-order chi connectivity index (χ1) is 16.6. The predicted molar refractivity (Wildman–Crippen MR) is 122 cm³/mol. The topological polar surface area (TPSA) is 78.6 Å². The lowest BCUT2D eigenvalue weighted by atomic mass is 10.0. The zero-order valence-corrected chi connectivity index (χ0v) is 19.1. The Morgan fingerprint density at radius 1 is 1.12 bits per heavy atom. The second-order valence-electron chi connectivity index (χ2n) is 9.02. The molecule has 8 nitrogen and oxygen atoms in total. The Bertz CT molecular complexity index is 1030. The summed E-state index contributed by atoms with van der Waals surface area (Å²) in [4.78, 5) is 30.4. The van der Waals surface area contributed by atoms with Crippen molar-refractivity contribution < 1.29 is 23.1 Å². The Morgan fingerprint density at radius 3 is 2.56 bits per heavy atom. The number of benzene rings is 1. The van der Waals surface area contributed by atoms with E-state index in [-0.39, 0.29) is 30.1 Å². The molecule has 1 atom stereocenters. The van der Waals surface area contributed by atoms with Crippen molar-refractivity contribution in [1.82, 2.24) is 14.8 Å². The van der Waals surface area contributed by atoms with Gasteiger partial charge in [-0.15, -0.1) is 0 Å². The molecule has 1 aliphatic carbocycles. The number of amides is 2. The van der Waals surface area contributed by atoms with Crippen molar-refractivity contribution in [2.45, 2.75) is 25.3 Å². The molecule has 1 aromatic heterocycles. The van der Waals surface area contributed by atoms with Gasteiger partial charge in [0, 0.05) is 38.5 Å². The molecule has 3 heterocycles. The highest BCUT2D eigenvalue weighted by Gasteiger charge is 2.38. The van der Waals surface area contributed by atoms with Gasteiger partial charge in [0.1, 0.15) is 24.2 Å². The van der Waals surface area contributed by atoms with E-state index in [2.05, 4.69) is 10.0 Å². The van der Waals surface area contributed by atoms with Crippen molar-refractivity contribution in [3.05, 3.63) is 59.8 Å². The number of carbonyl (C=O) groups is 2. The van der Waals surface area contributed by atoms with Gasteiger partial charge in [0.25, 0.3) is 5.91 Å². The third-order valence-electron chi connectivity index (χ3n) is 6.57. The molecule has 0 spiro atoms. The van der Waals surface area contributed by atoms with E-state index in [0.29, 0.717) is 44.2 Å². The number of carbonyl (C=O) groups excluding carboxylic acids is 2. The summed E-state index contributed by atoms with van der Waals surface area (Å²) in [6.07, 6.45) is 3.79. The molecule has 1 saturated carbocycles. The summed E-state index contributed by atoms with van der Waals surface area (Å²) < 4.78 is 24.4. The molecule has 0 unspecified atom stereocenters. The van der Waals surface area contributed by atoms with Crippen LogP contribution in [0.25, 0.3) is 0 Å². The molecule has 180 valence electrons. The van der Waals surface area contributed by atoms with Crippen molar-refractivity contribution in [2.24, 2.45) is 11.0 Å². The minimum atomic E-state index is -0.403. The van der Waals surface area contributed by atoms with Crippen LogP contribution in [0.5, 0.6) is 0 Å². The maximum Gasteiger partial charge on any atom is 0.262 e. The Labute approximate surface area is 197 Å². The third kappa shape index (κ3) is 5.20. The Hall–Kier alpha value is -3.04. The van der Waals surface area contributed by atoms with E-state index in [0.717, 1.165) is 31.5 Å². The van der Waals surface area contributed by atoms with Gasteiger partial charge in [-0.25, -0.2) is 9.40 Å². The second-order valence-corrected chi connectivity index (χ2v) is 9.02. The van der Waals surface area contributed by atoms with Crippen LogP contribution in [0.3, 0.4) is 0 Å². The maximum atomic E-state index is 13.5. The molecule has 1 saturated heterocycles. The summed E-state index contributed by atoms with van der Waals surface area (Å²) in [7, 11) is 0. The van der Waals surface area contributed by atoms with Gasteiger partial charge in [0.05, 0.1) is 25.2 Å². The number of nitrogens with zero attached hydrogens (tertiary/aromatic N) is 4. The third-order valence-corrected chi connectivity index (χ3v) is 6.57. The van der Waals surface area contributed by atoms with E-state index in [4.69, 9.17) is 9.15 Å². The SMILES string of the molecule is O=C(C1CC1)N(CCN1CCOCC1)CC(=O)N1N=C(c2ccc(F)cc2)C[C@@H]1c1ccco1. The fourth-order valence-corrected chi connectivity index (χ4v) is 4.44. The van der Waals surface area contributed by atoms with E-state index in [9.17, 15) is 14.0 Å². The Morgan fingerprint density at radius 2 is 1.88 bits per heavy atom. The Kier molecular flexibility index (Phi) is 6.73. The average Bonchev–Trinajstić information content (AvgIpc) is 3.37. The van der Waals surface area contributed by atoms with Crippen LogP contribution < -0.4 is 0 Å². The lowest BCUT2D eigenvalue weighted by molar-refractivity contribution is -0.142. The van der Waals surface area contributed by atoms with E-state index >= 15 is 0 Å². The number of furan rings is 1. The van der Waals surface area contributed by atoms with E-state index in [1.807, 2.05) is 6.07 Å². The fraction of sp³-hybridized carbons (Fsp3) is 0.480. The molecule has 3 aliphatic rings. The number of rotatable bonds is 8. The van der Waals surface area contributed by atoms with Gasteiger partial charge < -0.3 is 14.1 Å². The minimum absolute atomic E-state index is 0.0233. The maximum absolute atomic E-state index is 13.5. The number of morpholine rings is 1. The zero-order valence-electron chi connectivity index (χ0n) is 19.1. The van der Waals surface area contributed by atoms with Crippen molar-refractivity contribution in [1.29, 1.82) is 0 Å². The van der Waals surface area contributed by atoms with Gasteiger partial charge in [-0.2, -0.15) is 5.10 Å². The summed E-state index contributed by atoms with van der Waals surface area (Å²) >= 11 is 0. The van der Waals surface area contributed by atoms with Crippen LogP contribution in [0.2, 0.25) is 0 Å². The average molecular weight is 469 g/mol. The standard InChI is InChI=1S/C25H29FN4O4/c26-20-7-5-18(6-8-20)21-16-22(23-2-1-13-34-23)30(27-21)24(31)17-29(25(32)19-3-4-19)10-9-28-11-14-33-15-12-28/h1-2,5-8,13,19,22H,3-4,9-12,14-17H2/t22-/m1/s1. The van der Waals surface area contributed by atoms with Crippen LogP contribution in [0.4, 0.5) is 4.39 Å². The first kappa shape index (κ1) is 22.7. The van der Waals surface area contributed by atoms with Crippen LogP contribution in [0.1, 0.15) is 36.6 Å². The number of halogens is 1. The summed E-state index contributed by atoms with van der Waals surface area (Å²) in [6.45, 7) is 4.21. The highest BCUT2D eigenvalue weighted by molar-refractivity contribution is 6.03. The van der Waals surface area contributed by atoms with Gasteiger partial charge in [0.2, 0.25) is 5.91 Å². The predicted octanol–water partition coefficient (Wildman–Crippen LogP) is 2.67. The minimum Gasteiger partial charge on any atom is -0.467 e. The normalized spacial score (nSPS) is 20.9. The van der Waals surface area contributed by atoms with Crippen molar-refractivity contribution in [3.63, 3.8) is 0 Å². The lowest BCUT2D eigenvalue weighted by Gasteiger charge is -2.31. The summed E-state index contributed by atoms with van der Waals surface area (Å²) in [6, 6.07) is 9.27. The van der Waals surface area contributed by atoms with E-state index in [1.165, 1.54) is 17.1 Å². The van der Waals surface area contributed by atoms with Gasteiger partial charge in [-0.1, -0.05) is 12.1 Å². The molecule has 5 rings (SSSR count). The van der Waals surface area contributed by atoms with Crippen molar-refractivity contribution >= 4 is 17.5 Å². The molecule has 2 aliphatic heterocycles. The monoisotopic (exact) mass is 468 g/mol. The largest absolute Gasteiger partial charge is 0.467 e. The summed E-state index contributed by atoms with van der Waals surface area (Å²) in [5, 5.41) is 6.03. The van der Waals surface area contributed by atoms with Crippen molar-refractivity contribution in [3.8, 4) is 0 Å². The fourth-order valence-electron chi connectivity index (χ4n) is 4.44. The lowest BCUT2D eigenvalue weighted by Crippen LogP contribution is -2.47. The molecule has 2 fully saturated rings. The first-order valence-electron chi connectivity index (χ1n) is 11.9. The van der Waals surface area contributed by atoms with Crippen molar-refractivity contribution in [2.75, 3.05) is 45.9 Å². The number of hydrazone groups is 1. The number of hydrogen-bond donors (Lipinski definition) is 0. The number of ether oxygens (including phenoxy) is 1. The molecular formula is C25H29FN4O4. The molecule has 34 heavy (non-hydrogen) atoms. The second kappa shape index (κ2) is 10.1.